The van der Waals surface area contributed by atoms with Crippen LogP contribution < -0.4 is 0 Å². The van der Waals surface area contributed by atoms with Gasteiger partial charge in [-0.1, -0.05) is 60.7 Å². The van der Waals surface area contributed by atoms with Crippen LogP contribution >= 0.6 is 0 Å². The Morgan fingerprint density at radius 1 is 1.15 bits per heavy atom. The summed E-state index contributed by atoms with van der Waals surface area (Å²) in [6.45, 7) is 2.93. The Morgan fingerprint density at radius 2 is 1.81 bits per heavy atom. The molecule has 0 spiro atoms. The van der Waals surface area contributed by atoms with Crippen LogP contribution in [0.3, 0.4) is 0 Å². The molecular formula is C21H25NO4. The molecule has 1 saturated heterocycles. The van der Waals surface area contributed by atoms with Crippen LogP contribution in [0.4, 0.5) is 0 Å². The second-order valence-electron chi connectivity index (χ2n) is 6.50. The van der Waals surface area contributed by atoms with Gasteiger partial charge < -0.3 is 19.5 Å². The number of hydrogen-bond donors (Lipinski definition) is 1. The summed E-state index contributed by atoms with van der Waals surface area (Å²) in [6, 6.07) is 19.2. The Labute approximate surface area is 154 Å². The van der Waals surface area contributed by atoms with Crippen molar-refractivity contribution in [3.05, 3.63) is 71.8 Å². The molecule has 0 aliphatic carbocycles. The Bertz CT molecular complexity index is 692. The second kappa shape index (κ2) is 8.94. The minimum Gasteiger partial charge on any atom is -0.394 e. The maximum atomic E-state index is 12.6. The van der Waals surface area contributed by atoms with Crippen molar-refractivity contribution in [2.24, 2.45) is 0 Å². The largest absolute Gasteiger partial charge is 0.394 e. The number of rotatable bonds is 7. The fraction of sp³-hybridized carbons (Fsp3) is 0.381. The van der Waals surface area contributed by atoms with Gasteiger partial charge in [-0.15, -0.1) is 0 Å². The van der Waals surface area contributed by atoms with E-state index in [1.165, 1.54) is 0 Å². The number of carbonyl (C=O) groups is 1. The third kappa shape index (κ3) is 4.49. The molecule has 2 aromatic rings. The summed E-state index contributed by atoms with van der Waals surface area (Å²) in [5, 5.41) is 9.88. The molecule has 0 aromatic heterocycles. The number of ether oxygens (including phenoxy) is 2. The molecule has 3 atom stereocenters. The minimum atomic E-state index is -0.549. The zero-order chi connectivity index (χ0) is 18.4. The van der Waals surface area contributed by atoms with Crippen LogP contribution in [0.1, 0.15) is 24.1 Å². The van der Waals surface area contributed by atoms with Crippen molar-refractivity contribution in [1.29, 1.82) is 0 Å². The first-order valence-electron chi connectivity index (χ1n) is 8.92. The van der Waals surface area contributed by atoms with Crippen LogP contribution in [-0.4, -0.2) is 47.9 Å². The lowest BCUT2D eigenvalue weighted by Gasteiger charge is -2.40. The van der Waals surface area contributed by atoms with E-state index in [0.717, 1.165) is 11.1 Å². The van der Waals surface area contributed by atoms with Crippen molar-refractivity contribution in [3.63, 3.8) is 0 Å². The first-order valence-corrected chi connectivity index (χ1v) is 8.92. The lowest BCUT2D eigenvalue weighted by atomic mass is 10.0. The minimum absolute atomic E-state index is 0.104. The number of benzene rings is 2. The molecular weight excluding hydrogens is 330 g/mol. The Kier molecular flexibility index (Phi) is 6.39. The smallest absolute Gasteiger partial charge is 0.252 e. The Balaban J connectivity index is 1.63. The molecule has 138 valence electrons. The first kappa shape index (κ1) is 18.6. The molecule has 2 aromatic carbocycles. The highest BCUT2D eigenvalue weighted by molar-refractivity contribution is 5.81. The van der Waals surface area contributed by atoms with Crippen LogP contribution in [0.5, 0.6) is 0 Å². The molecule has 26 heavy (non-hydrogen) atoms. The van der Waals surface area contributed by atoms with E-state index in [2.05, 4.69) is 0 Å². The number of hydrogen-bond acceptors (Lipinski definition) is 4. The van der Waals surface area contributed by atoms with Crippen molar-refractivity contribution in [1.82, 2.24) is 4.90 Å². The van der Waals surface area contributed by atoms with Gasteiger partial charge in [0.1, 0.15) is 6.10 Å². The lowest BCUT2D eigenvalue weighted by molar-refractivity contribution is -0.170. The molecule has 5 heteroatoms. The molecule has 1 aliphatic heterocycles. The third-order valence-electron chi connectivity index (χ3n) is 4.58. The van der Waals surface area contributed by atoms with Gasteiger partial charge in [-0.3, -0.25) is 4.79 Å². The van der Waals surface area contributed by atoms with E-state index in [9.17, 15) is 9.90 Å². The lowest BCUT2D eigenvalue weighted by Crippen LogP contribution is -2.54. The van der Waals surface area contributed by atoms with E-state index >= 15 is 0 Å². The fourth-order valence-corrected chi connectivity index (χ4v) is 3.25. The van der Waals surface area contributed by atoms with Crippen molar-refractivity contribution in [3.8, 4) is 0 Å². The van der Waals surface area contributed by atoms with Gasteiger partial charge in [-0.25, -0.2) is 0 Å². The number of aliphatic hydroxyl groups excluding tert-OH is 1. The topological polar surface area (TPSA) is 59.0 Å². The van der Waals surface area contributed by atoms with Gasteiger partial charge in [0.15, 0.2) is 0 Å². The summed E-state index contributed by atoms with van der Waals surface area (Å²) in [7, 11) is 0. The van der Waals surface area contributed by atoms with E-state index in [4.69, 9.17) is 9.47 Å². The number of carbonyl (C=O) groups excluding carboxylic acids is 1. The summed E-state index contributed by atoms with van der Waals surface area (Å²) in [6.07, 6.45) is -0.768. The number of amides is 1. The monoisotopic (exact) mass is 355 g/mol. The average Bonchev–Trinajstić information content (AvgIpc) is 2.68. The quantitative estimate of drug-likeness (QED) is 0.829. The molecule has 1 aliphatic rings. The molecule has 3 rings (SSSR count). The summed E-state index contributed by atoms with van der Waals surface area (Å²) in [5.74, 6) is -0.104. The third-order valence-corrected chi connectivity index (χ3v) is 4.58. The van der Waals surface area contributed by atoms with E-state index in [-0.39, 0.29) is 24.7 Å². The van der Waals surface area contributed by atoms with E-state index in [1.54, 1.807) is 11.8 Å². The SMILES string of the molecule is C[C@H]1O[C@H](COCc2ccccc2)CN([C@@H](CO)c2ccccc2)C1=O. The second-order valence-corrected chi connectivity index (χ2v) is 6.50. The van der Waals surface area contributed by atoms with E-state index in [0.29, 0.717) is 19.8 Å². The van der Waals surface area contributed by atoms with Crippen molar-refractivity contribution in [2.45, 2.75) is 31.8 Å². The highest BCUT2D eigenvalue weighted by atomic mass is 16.5. The highest BCUT2D eigenvalue weighted by Gasteiger charge is 2.36. The van der Waals surface area contributed by atoms with E-state index < -0.39 is 6.10 Å². The zero-order valence-corrected chi connectivity index (χ0v) is 15.0. The van der Waals surface area contributed by atoms with Gasteiger partial charge in [-0.05, 0) is 18.1 Å². The molecule has 1 fully saturated rings. The fourth-order valence-electron chi connectivity index (χ4n) is 3.25. The predicted octanol–water partition coefficient (Wildman–Crippen LogP) is 2.55. The molecule has 1 heterocycles. The van der Waals surface area contributed by atoms with Crippen LogP contribution in [0.15, 0.2) is 60.7 Å². The Hall–Kier alpha value is -2.21. The van der Waals surface area contributed by atoms with Crippen LogP contribution in [0.2, 0.25) is 0 Å². The number of aliphatic hydroxyl groups is 1. The van der Waals surface area contributed by atoms with Crippen LogP contribution in [-0.2, 0) is 20.9 Å². The summed E-state index contributed by atoms with van der Waals surface area (Å²) in [4.78, 5) is 14.3. The summed E-state index contributed by atoms with van der Waals surface area (Å²) >= 11 is 0. The number of nitrogens with zero attached hydrogens (tertiary/aromatic N) is 1. The maximum absolute atomic E-state index is 12.6. The van der Waals surface area contributed by atoms with Gasteiger partial charge in [0.05, 0.1) is 32.0 Å². The van der Waals surface area contributed by atoms with Crippen LogP contribution in [0.25, 0.3) is 0 Å². The average molecular weight is 355 g/mol. The summed E-state index contributed by atoms with van der Waals surface area (Å²) in [5.41, 5.74) is 2.02. The highest BCUT2D eigenvalue weighted by Crippen LogP contribution is 2.25. The zero-order valence-electron chi connectivity index (χ0n) is 15.0. The maximum Gasteiger partial charge on any atom is 0.252 e. The van der Waals surface area contributed by atoms with Gasteiger partial charge in [0.2, 0.25) is 0 Å². The van der Waals surface area contributed by atoms with Crippen LogP contribution in [0, 0.1) is 0 Å². The Morgan fingerprint density at radius 3 is 2.46 bits per heavy atom. The van der Waals surface area contributed by atoms with Gasteiger partial charge in [-0.2, -0.15) is 0 Å². The van der Waals surface area contributed by atoms with Gasteiger partial charge >= 0.3 is 0 Å². The van der Waals surface area contributed by atoms with Crippen molar-refractivity contribution >= 4 is 5.91 Å². The molecule has 0 saturated carbocycles. The number of morpholine rings is 1. The molecule has 0 radical (unpaired) electrons. The van der Waals surface area contributed by atoms with Gasteiger partial charge in [0.25, 0.3) is 5.91 Å². The molecule has 0 unspecified atom stereocenters. The standard InChI is InChI=1S/C21H25NO4/c1-16-21(24)22(20(13-23)18-10-6-3-7-11-18)12-19(26-16)15-25-14-17-8-4-2-5-9-17/h2-11,16,19-20,23H,12-15H2,1H3/t16-,19+,20+/m1/s1. The molecule has 1 amide bonds. The molecule has 1 N–H and O–H groups in total. The van der Waals surface area contributed by atoms with Crippen molar-refractivity contribution < 1.29 is 19.4 Å². The molecule has 5 nitrogen and oxygen atoms in total. The van der Waals surface area contributed by atoms with E-state index in [1.807, 2.05) is 60.7 Å². The summed E-state index contributed by atoms with van der Waals surface area (Å²) < 4.78 is 11.6. The first-order chi connectivity index (χ1) is 12.7. The van der Waals surface area contributed by atoms with Gasteiger partial charge in [0, 0.05) is 6.54 Å². The predicted molar refractivity (Wildman–Crippen MR) is 98.4 cm³/mol. The molecule has 0 bridgehead atoms. The normalized spacial score (nSPS) is 21.6. The van der Waals surface area contributed by atoms with Crippen molar-refractivity contribution in [2.75, 3.05) is 19.8 Å².